The number of esters is 1. The number of carbonyl (C=O) groups excluding carboxylic acids is 2. The van der Waals surface area contributed by atoms with Crippen LogP contribution in [0.15, 0.2) is 25.6 Å². The number of anilines is 1. The summed E-state index contributed by atoms with van der Waals surface area (Å²) in [6.45, 7) is 2.38. The smallest absolute Gasteiger partial charge is 0.305 e. The lowest BCUT2D eigenvalue weighted by molar-refractivity contribution is -0.143. The van der Waals surface area contributed by atoms with Crippen molar-refractivity contribution in [2.24, 2.45) is 0 Å². The fourth-order valence-electron chi connectivity index (χ4n) is 1.53. The number of hydrogen-bond donors (Lipinski definition) is 1. The van der Waals surface area contributed by atoms with E-state index < -0.39 is 0 Å². The summed E-state index contributed by atoms with van der Waals surface area (Å²) in [5.74, 6) is -0.377. The van der Waals surface area contributed by atoms with E-state index in [0.29, 0.717) is 18.7 Å². The summed E-state index contributed by atoms with van der Waals surface area (Å²) in [6.07, 6.45) is 1.83. The van der Waals surface area contributed by atoms with Gasteiger partial charge in [-0.15, -0.1) is 0 Å². The van der Waals surface area contributed by atoms with E-state index in [-0.39, 0.29) is 24.7 Å². The molecule has 0 aliphatic carbocycles. The number of halogens is 3. The van der Waals surface area contributed by atoms with Crippen molar-refractivity contribution in [3.05, 3.63) is 25.6 Å². The zero-order valence-electron chi connectivity index (χ0n) is 11.5. The number of benzene rings is 1. The average molecular weight is 486 g/mol. The van der Waals surface area contributed by atoms with Crippen LogP contribution < -0.4 is 5.32 Å². The number of amides is 1. The van der Waals surface area contributed by atoms with Crippen molar-refractivity contribution in [1.82, 2.24) is 0 Å². The summed E-state index contributed by atoms with van der Waals surface area (Å²) in [5, 5.41) is 2.80. The van der Waals surface area contributed by atoms with Gasteiger partial charge in [-0.1, -0.05) is 6.92 Å². The molecule has 1 N–H and O–H groups in total. The van der Waals surface area contributed by atoms with Gasteiger partial charge in [-0.3, -0.25) is 9.59 Å². The second-order valence-corrected chi connectivity index (χ2v) is 6.88. The first kappa shape index (κ1) is 18.6. The minimum Gasteiger partial charge on any atom is -0.466 e. The maximum atomic E-state index is 11.8. The van der Waals surface area contributed by atoms with E-state index >= 15 is 0 Å². The van der Waals surface area contributed by atoms with Crippen molar-refractivity contribution in [3.63, 3.8) is 0 Å². The Labute approximate surface area is 149 Å². The Morgan fingerprint density at radius 1 is 1.14 bits per heavy atom. The van der Waals surface area contributed by atoms with Gasteiger partial charge >= 0.3 is 5.97 Å². The van der Waals surface area contributed by atoms with Crippen LogP contribution in [-0.2, 0) is 14.3 Å². The molecule has 0 heterocycles. The third-order valence-corrected chi connectivity index (χ3v) is 5.69. The lowest BCUT2D eigenvalue weighted by Crippen LogP contribution is -2.13. The Balaban J connectivity index is 2.39. The van der Waals surface area contributed by atoms with E-state index in [9.17, 15) is 9.59 Å². The molecule has 0 saturated heterocycles. The molecule has 0 aromatic heterocycles. The van der Waals surface area contributed by atoms with Crippen LogP contribution >= 0.6 is 47.8 Å². The second kappa shape index (κ2) is 9.58. The number of nitrogens with one attached hydrogen (secondary N) is 1. The van der Waals surface area contributed by atoms with Gasteiger partial charge in [0.05, 0.1) is 6.61 Å². The van der Waals surface area contributed by atoms with Crippen LogP contribution in [0.2, 0.25) is 0 Å². The molecule has 0 saturated carbocycles. The maximum Gasteiger partial charge on any atom is 0.305 e. The molecule has 1 rings (SSSR count). The highest BCUT2D eigenvalue weighted by Gasteiger charge is 2.09. The summed E-state index contributed by atoms with van der Waals surface area (Å²) in [7, 11) is 0. The predicted octanol–water partition coefficient (Wildman–Crippen LogP) is 5.04. The standard InChI is InChI=1S/C14H16Br3NO3/c1-2-6-21-13(20)5-3-4-12(19)18-9-7-10(15)14(17)11(16)8-9/h7-8H,2-6H2,1H3,(H,18,19). The van der Waals surface area contributed by atoms with E-state index in [1.807, 2.05) is 19.1 Å². The topological polar surface area (TPSA) is 55.4 Å². The third kappa shape index (κ3) is 6.93. The zero-order valence-corrected chi connectivity index (χ0v) is 16.3. The highest BCUT2D eigenvalue weighted by molar-refractivity contribution is 9.14. The average Bonchev–Trinajstić information content (AvgIpc) is 2.42. The van der Waals surface area contributed by atoms with Gasteiger partial charge in [0.25, 0.3) is 0 Å². The lowest BCUT2D eigenvalue weighted by atomic mass is 10.2. The van der Waals surface area contributed by atoms with Crippen molar-refractivity contribution >= 4 is 65.4 Å². The van der Waals surface area contributed by atoms with E-state index in [0.717, 1.165) is 19.8 Å². The minimum atomic E-state index is -0.251. The molecule has 1 amide bonds. The number of hydrogen-bond acceptors (Lipinski definition) is 3. The van der Waals surface area contributed by atoms with Crippen molar-refractivity contribution in [1.29, 1.82) is 0 Å². The molecule has 0 aliphatic rings. The van der Waals surface area contributed by atoms with E-state index in [2.05, 4.69) is 53.1 Å². The van der Waals surface area contributed by atoms with Gasteiger partial charge in [0, 0.05) is 31.9 Å². The summed E-state index contributed by atoms with van der Waals surface area (Å²) in [5.41, 5.74) is 0.690. The maximum absolute atomic E-state index is 11.8. The molecule has 0 fully saturated rings. The van der Waals surface area contributed by atoms with Crippen molar-refractivity contribution in [2.75, 3.05) is 11.9 Å². The number of rotatable bonds is 7. The Morgan fingerprint density at radius 2 is 1.76 bits per heavy atom. The second-order valence-electron chi connectivity index (χ2n) is 4.38. The number of ether oxygens (including phenoxy) is 1. The molecular formula is C14H16Br3NO3. The first-order valence-electron chi connectivity index (χ1n) is 6.54. The first-order valence-corrected chi connectivity index (χ1v) is 8.92. The Kier molecular flexibility index (Phi) is 8.51. The summed E-state index contributed by atoms with van der Waals surface area (Å²) in [4.78, 5) is 23.1. The molecule has 21 heavy (non-hydrogen) atoms. The molecule has 0 bridgehead atoms. The molecule has 1 aromatic carbocycles. The van der Waals surface area contributed by atoms with Crippen molar-refractivity contribution in [2.45, 2.75) is 32.6 Å². The molecular weight excluding hydrogens is 470 g/mol. The monoisotopic (exact) mass is 483 g/mol. The van der Waals surface area contributed by atoms with Crippen LogP contribution in [0.1, 0.15) is 32.6 Å². The molecule has 1 aromatic rings. The van der Waals surface area contributed by atoms with E-state index in [1.165, 1.54) is 0 Å². The fourth-order valence-corrected chi connectivity index (χ4v) is 2.95. The van der Waals surface area contributed by atoms with Gasteiger partial charge in [-0.25, -0.2) is 0 Å². The summed E-state index contributed by atoms with van der Waals surface area (Å²) in [6, 6.07) is 3.62. The van der Waals surface area contributed by atoms with Gasteiger partial charge in [0.15, 0.2) is 0 Å². The third-order valence-electron chi connectivity index (χ3n) is 2.52. The van der Waals surface area contributed by atoms with Crippen LogP contribution in [0, 0.1) is 0 Å². The Hall–Kier alpha value is -0.400. The molecule has 0 atom stereocenters. The van der Waals surface area contributed by atoms with Gasteiger partial charge in [0.2, 0.25) is 5.91 Å². The van der Waals surface area contributed by atoms with Gasteiger partial charge < -0.3 is 10.1 Å². The van der Waals surface area contributed by atoms with Gasteiger partial charge in [0.1, 0.15) is 0 Å². The quantitative estimate of drug-likeness (QED) is 0.435. The molecule has 0 spiro atoms. The Bertz CT molecular complexity index is 497. The van der Waals surface area contributed by atoms with Crippen LogP contribution in [-0.4, -0.2) is 18.5 Å². The SMILES string of the molecule is CCCOC(=O)CCCC(=O)Nc1cc(Br)c(Br)c(Br)c1. The van der Waals surface area contributed by atoms with Crippen LogP contribution in [0.25, 0.3) is 0 Å². The Morgan fingerprint density at radius 3 is 2.33 bits per heavy atom. The fraction of sp³-hybridized carbons (Fsp3) is 0.429. The van der Waals surface area contributed by atoms with Gasteiger partial charge in [-0.2, -0.15) is 0 Å². The van der Waals surface area contributed by atoms with Crippen LogP contribution in [0.4, 0.5) is 5.69 Å². The minimum absolute atomic E-state index is 0.126. The zero-order chi connectivity index (χ0) is 15.8. The van der Waals surface area contributed by atoms with Crippen molar-refractivity contribution < 1.29 is 14.3 Å². The van der Waals surface area contributed by atoms with Gasteiger partial charge in [-0.05, 0) is 72.8 Å². The largest absolute Gasteiger partial charge is 0.466 e. The molecule has 0 radical (unpaired) electrons. The molecule has 116 valence electrons. The lowest BCUT2D eigenvalue weighted by Gasteiger charge is -2.08. The van der Waals surface area contributed by atoms with Crippen LogP contribution in [0.5, 0.6) is 0 Å². The van der Waals surface area contributed by atoms with Crippen LogP contribution in [0.3, 0.4) is 0 Å². The summed E-state index contributed by atoms with van der Waals surface area (Å²) >= 11 is 10.2. The normalized spacial score (nSPS) is 10.3. The molecule has 4 nitrogen and oxygen atoms in total. The molecule has 7 heteroatoms. The highest BCUT2D eigenvalue weighted by Crippen LogP contribution is 2.34. The van der Waals surface area contributed by atoms with Crippen molar-refractivity contribution in [3.8, 4) is 0 Å². The molecule has 0 aliphatic heterocycles. The summed E-state index contributed by atoms with van der Waals surface area (Å²) < 4.78 is 7.52. The highest BCUT2D eigenvalue weighted by atomic mass is 79.9. The van der Waals surface area contributed by atoms with E-state index in [4.69, 9.17) is 4.74 Å². The molecule has 0 unspecified atom stereocenters. The van der Waals surface area contributed by atoms with E-state index in [1.54, 1.807) is 0 Å². The first-order chi connectivity index (χ1) is 9.93. The number of carbonyl (C=O) groups is 2. The predicted molar refractivity (Wildman–Crippen MR) is 93.3 cm³/mol.